The van der Waals surface area contributed by atoms with Crippen molar-refractivity contribution in [3.63, 3.8) is 0 Å². The zero-order chi connectivity index (χ0) is 8.65. The van der Waals surface area contributed by atoms with Crippen LogP contribution in [0.5, 0.6) is 0 Å². The van der Waals surface area contributed by atoms with Gasteiger partial charge in [0.25, 0.3) is 0 Å². The van der Waals surface area contributed by atoms with Crippen LogP contribution in [-0.4, -0.2) is 31.0 Å². The fourth-order valence-electron chi connectivity index (χ4n) is 1.21. The van der Waals surface area contributed by atoms with Crippen molar-refractivity contribution >= 4 is 6.98 Å². The molecule has 1 nitrogen and oxygen atoms in total. The van der Waals surface area contributed by atoms with Crippen LogP contribution >= 0.6 is 0 Å². The largest absolute Gasteiger partial charge is 1.00 e. The van der Waals surface area contributed by atoms with Crippen molar-refractivity contribution in [1.82, 2.24) is 4.90 Å². The van der Waals surface area contributed by atoms with E-state index in [0.29, 0.717) is 0 Å². The van der Waals surface area contributed by atoms with Gasteiger partial charge >= 0.3 is 58.4 Å². The maximum atomic E-state index is 12.0. The molecular weight excluding hydrogens is 193 g/mol. The van der Waals surface area contributed by atoms with Crippen molar-refractivity contribution in [3.8, 4) is 0 Å². The maximum absolute atomic E-state index is 12.0. The van der Waals surface area contributed by atoms with E-state index in [0.717, 1.165) is 0 Å². The molecule has 0 spiro atoms. The summed E-state index contributed by atoms with van der Waals surface area (Å²) >= 11 is 0. The molecule has 6 heteroatoms. The van der Waals surface area contributed by atoms with Crippen LogP contribution in [-0.2, 0) is 0 Å². The summed E-state index contributed by atoms with van der Waals surface area (Å²) in [5.41, 5.74) is 0. The van der Waals surface area contributed by atoms with E-state index in [4.69, 9.17) is 0 Å². The van der Waals surface area contributed by atoms with Crippen molar-refractivity contribution in [2.75, 3.05) is 13.1 Å². The van der Waals surface area contributed by atoms with Crippen molar-refractivity contribution in [2.45, 2.75) is 25.7 Å². The Labute approximate surface area is 114 Å². The summed E-state index contributed by atoms with van der Waals surface area (Å²) in [6.45, 7) is -0.324. The fraction of sp³-hybridized carbons (Fsp3) is 1.00. The Morgan fingerprint density at radius 2 is 1.67 bits per heavy atom. The van der Waals surface area contributed by atoms with E-state index in [1.807, 2.05) is 18.7 Å². The number of hydrogen-bond acceptors (Lipinski definition) is 1. The number of rotatable bonds is 2. The predicted octanol–water partition coefficient (Wildman–Crippen LogP) is -1.07. The molecule has 0 amide bonds. The molecule has 1 rings (SSSR count). The van der Waals surface area contributed by atoms with Gasteiger partial charge in [0.05, 0.1) is 0 Å². The molecular formula is C6H12BF3KN. The minimum Gasteiger partial charge on any atom is -0.449 e. The third-order valence-corrected chi connectivity index (χ3v) is 2.20. The molecule has 0 bridgehead atoms. The maximum Gasteiger partial charge on any atom is 1.00 e. The van der Waals surface area contributed by atoms with Gasteiger partial charge in [0.2, 0.25) is 0 Å². The number of hydrogen-bond donors (Lipinski definition) is 0. The van der Waals surface area contributed by atoms with Gasteiger partial charge in [0.15, 0.2) is 0 Å². The van der Waals surface area contributed by atoms with Crippen LogP contribution in [0.3, 0.4) is 0 Å². The second-order valence-electron chi connectivity index (χ2n) is 3.43. The molecule has 0 aromatic carbocycles. The molecule has 0 radical (unpaired) electrons. The Morgan fingerprint density at radius 1 is 1.25 bits per heavy atom. The van der Waals surface area contributed by atoms with E-state index in [1.165, 1.54) is 0 Å². The fourth-order valence-corrected chi connectivity index (χ4v) is 1.21. The molecule has 0 aromatic rings. The summed E-state index contributed by atoms with van der Waals surface area (Å²) in [6, 6.07) is 0.254. The SMILES string of the molecule is CC(C)N1CC([B-](F)(F)F)C1.[K+]. The Balaban J connectivity index is 0.00000121. The van der Waals surface area contributed by atoms with Crippen LogP contribution in [0.15, 0.2) is 0 Å². The minimum atomic E-state index is -4.58. The zero-order valence-corrected chi connectivity index (χ0v) is 10.9. The van der Waals surface area contributed by atoms with E-state index in [2.05, 4.69) is 0 Å². The number of halogens is 3. The van der Waals surface area contributed by atoms with E-state index in [1.54, 1.807) is 0 Å². The molecule has 66 valence electrons. The van der Waals surface area contributed by atoms with E-state index in [9.17, 15) is 12.9 Å². The third-order valence-electron chi connectivity index (χ3n) is 2.20. The van der Waals surface area contributed by atoms with Gasteiger partial charge in [-0.05, 0) is 32.8 Å². The Hall–Kier alpha value is 1.45. The molecule has 1 fully saturated rings. The number of likely N-dealkylation sites (tertiary alicyclic amines) is 1. The Bertz CT molecular complexity index is 144. The van der Waals surface area contributed by atoms with Crippen molar-refractivity contribution in [2.24, 2.45) is 0 Å². The van der Waals surface area contributed by atoms with Gasteiger partial charge in [-0.25, -0.2) is 0 Å². The monoisotopic (exact) mass is 205 g/mol. The first-order chi connectivity index (χ1) is 4.91. The average molecular weight is 205 g/mol. The summed E-state index contributed by atoms with van der Waals surface area (Å²) < 4.78 is 35.9. The molecule has 1 saturated heterocycles. The minimum absolute atomic E-state index is 0. The summed E-state index contributed by atoms with van der Waals surface area (Å²) in [7, 11) is 0. The number of nitrogens with zero attached hydrogens (tertiary/aromatic N) is 1. The summed E-state index contributed by atoms with van der Waals surface area (Å²) in [6.07, 6.45) is 0. The Morgan fingerprint density at radius 3 is 1.92 bits per heavy atom. The molecule has 1 aliphatic rings. The molecule has 0 aromatic heterocycles. The third kappa shape index (κ3) is 3.31. The second kappa shape index (κ2) is 4.80. The van der Waals surface area contributed by atoms with Crippen LogP contribution in [0.4, 0.5) is 12.9 Å². The molecule has 0 aliphatic carbocycles. The molecule has 1 aliphatic heterocycles. The zero-order valence-electron chi connectivity index (χ0n) is 7.73. The Kier molecular flexibility index (Phi) is 5.38. The van der Waals surface area contributed by atoms with Gasteiger partial charge in [-0.1, -0.05) is 0 Å². The van der Waals surface area contributed by atoms with E-state index < -0.39 is 12.8 Å². The topological polar surface area (TPSA) is 3.24 Å². The van der Waals surface area contributed by atoms with Crippen LogP contribution in [0, 0.1) is 0 Å². The normalized spacial score (nSPS) is 20.5. The molecule has 0 saturated carbocycles. The first-order valence-electron chi connectivity index (χ1n) is 3.85. The molecule has 12 heavy (non-hydrogen) atoms. The van der Waals surface area contributed by atoms with Crippen LogP contribution in [0.25, 0.3) is 0 Å². The van der Waals surface area contributed by atoms with Gasteiger partial charge in [-0.3, -0.25) is 0 Å². The van der Waals surface area contributed by atoms with Gasteiger partial charge in [0.1, 0.15) is 0 Å². The molecule has 0 N–H and O–H groups in total. The van der Waals surface area contributed by atoms with Crippen LogP contribution in [0.2, 0.25) is 5.82 Å². The van der Waals surface area contributed by atoms with Crippen molar-refractivity contribution in [1.29, 1.82) is 0 Å². The van der Waals surface area contributed by atoms with Gasteiger partial charge < -0.3 is 17.8 Å². The predicted molar refractivity (Wildman–Crippen MR) is 39.5 cm³/mol. The molecule has 0 unspecified atom stereocenters. The van der Waals surface area contributed by atoms with E-state index >= 15 is 0 Å². The first-order valence-corrected chi connectivity index (χ1v) is 3.85. The van der Waals surface area contributed by atoms with Gasteiger partial charge in [0, 0.05) is 6.04 Å². The van der Waals surface area contributed by atoms with Crippen molar-refractivity contribution in [3.05, 3.63) is 0 Å². The summed E-state index contributed by atoms with van der Waals surface area (Å²) in [4.78, 5) is 1.83. The molecule has 0 atom stereocenters. The second-order valence-corrected chi connectivity index (χ2v) is 3.43. The van der Waals surface area contributed by atoms with E-state index in [-0.39, 0.29) is 70.5 Å². The van der Waals surface area contributed by atoms with Crippen LogP contribution in [0.1, 0.15) is 13.8 Å². The quantitative estimate of drug-likeness (QED) is 0.519. The van der Waals surface area contributed by atoms with Gasteiger partial charge in [-0.2, -0.15) is 0 Å². The first kappa shape index (κ1) is 13.5. The smallest absolute Gasteiger partial charge is 0.449 e. The standard InChI is InChI=1S/C6H12BF3N.K/c1-5(2)11-3-6(4-11)7(8,9)10;/h5-6H,3-4H2,1-2H3;/q-1;+1. The summed E-state index contributed by atoms with van der Waals surface area (Å²) in [5, 5.41) is 0. The molecule has 1 heterocycles. The van der Waals surface area contributed by atoms with Gasteiger partial charge in [-0.15, -0.1) is 0 Å². The van der Waals surface area contributed by atoms with Crippen LogP contribution < -0.4 is 51.4 Å². The average Bonchev–Trinajstić information content (AvgIpc) is 1.51. The summed E-state index contributed by atoms with van der Waals surface area (Å²) in [5.74, 6) is -1.02. The van der Waals surface area contributed by atoms with Crippen molar-refractivity contribution < 1.29 is 64.3 Å².